The van der Waals surface area contributed by atoms with Gasteiger partial charge in [0.05, 0.1) is 0 Å². The van der Waals surface area contributed by atoms with Crippen LogP contribution in [0.15, 0.2) is 24.3 Å². The van der Waals surface area contributed by atoms with Gasteiger partial charge in [0.15, 0.2) is 0 Å². The Labute approximate surface area is 165 Å². The number of carbonyl (C=O) groups is 3. The van der Waals surface area contributed by atoms with Crippen LogP contribution in [-0.4, -0.2) is 51.8 Å². The molecule has 0 radical (unpaired) electrons. The van der Waals surface area contributed by atoms with Gasteiger partial charge in [0.2, 0.25) is 5.91 Å². The second-order valence-electron chi connectivity index (χ2n) is 8.96. The summed E-state index contributed by atoms with van der Waals surface area (Å²) in [7, 11) is 0. The third-order valence-corrected chi connectivity index (χ3v) is 6.94. The van der Waals surface area contributed by atoms with E-state index in [1.807, 2.05) is 23.1 Å². The maximum Gasteiger partial charge on any atom is 0.325 e. The molecule has 2 unspecified atom stereocenters. The molecule has 3 fully saturated rings. The van der Waals surface area contributed by atoms with Crippen molar-refractivity contribution in [3.05, 3.63) is 35.4 Å². The van der Waals surface area contributed by atoms with E-state index in [0.29, 0.717) is 24.8 Å². The lowest BCUT2D eigenvalue weighted by Gasteiger charge is -2.33. The van der Waals surface area contributed by atoms with Gasteiger partial charge < -0.3 is 10.2 Å². The van der Waals surface area contributed by atoms with Gasteiger partial charge in [-0.3, -0.25) is 14.5 Å². The molecule has 2 atom stereocenters. The molecule has 1 heterocycles. The maximum atomic E-state index is 13.2. The Morgan fingerprint density at radius 1 is 1.21 bits per heavy atom. The van der Waals surface area contributed by atoms with Crippen LogP contribution in [0.4, 0.5) is 4.79 Å². The molecule has 28 heavy (non-hydrogen) atoms. The topological polar surface area (TPSA) is 69.7 Å². The Bertz CT molecular complexity index is 845. The fourth-order valence-electron chi connectivity index (χ4n) is 4.98. The molecule has 6 nitrogen and oxygen atoms in total. The Kier molecular flexibility index (Phi) is 4.00. The first-order valence-corrected chi connectivity index (χ1v) is 10.5. The number of hydrogen-bond donors (Lipinski definition) is 1. The SMILES string of the molecule is CC(C1CC1)N(C(=O)CN1C(=O)NC2(CCc3ccccc3C2)C1=O)C1CC1. The van der Waals surface area contributed by atoms with E-state index in [1.54, 1.807) is 0 Å². The summed E-state index contributed by atoms with van der Waals surface area (Å²) in [6.07, 6.45) is 6.25. The molecule has 0 bridgehead atoms. The molecule has 4 aliphatic rings. The summed E-state index contributed by atoms with van der Waals surface area (Å²) in [5, 5.41) is 2.93. The fourth-order valence-corrected chi connectivity index (χ4v) is 4.98. The van der Waals surface area contributed by atoms with Crippen molar-refractivity contribution in [1.29, 1.82) is 0 Å². The number of carbonyl (C=O) groups excluding carboxylic acids is 3. The van der Waals surface area contributed by atoms with Crippen LogP contribution in [0.3, 0.4) is 0 Å². The summed E-state index contributed by atoms with van der Waals surface area (Å²) in [5.74, 6) is 0.252. The molecule has 6 heteroatoms. The van der Waals surface area contributed by atoms with Crippen molar-refractivity contribution in [2.75, 3.05) is 6.54 Å². The molecule has 5 rings (SSSR count). The molecule has 1 saturated heterocycles. The highest BCUT2D eigenvalue weighted by atomic mass is 16.2. The number of fused-ring (bicyclic) bond motifs is 1. The minimum Gasteiger partial charge on any atom is -0.335 e. The molecule has 1 aromatic rings. The van der Waals surface area contributed by atoms with Gasteiger partial charge >= 0.3 is 6.03 Å². The number of urea groups is 1. The van der Waals surface area contributed by atoms with E-state index in [-0.39, 0.29) is 24.4 Å². The lowest BCUT2D eigenvalue weighted by atomic mass is 9.78. The highest BCUT2D eigenvalue weighted by Gasteiger charge is 2.53. The number of aryl methyl sites for hydroxylation is 1. The smallest absolute Gasteiger partial charge is 0.325 e. The van der Waals surface area contributed by atoms with Crippen LogP contribution < -0.4 is 5.32 Å². The second kappa shape index (κ2) is 6.33. The molecule has 1 aliphatic heterocycles. The number of nitrogens with one attached hydrogen (secondary N) is 1. The lowest BCUT2D eigenvalue weighted by Crippen LogP contribution is -2.52. The van der Waals surface area contributed by atoms with Crippen LogP contribution in [0.25, 0.3) is 0 Å². The van der Waals surface area contributed by atoms with Crippen molar-refractivity contribution >= 4 is 17.8 Å². The van der Waals surface area contributed by atoms with Gasteiger partial charge in [0.25, 0.3) is 5.91 Å². The standard InChI is InChI=1S/C22H27N3O3/c1-14(15-6-7-15)25(18-8-9-18)19(26)13-24-20(27)22(23-21(24)28)11-10-16-4-2-3-5-17(16)12-22/h2-5,14-15,18H,6-13H2,1H3,(H,23,28). The number of hydrogen-bond acceptors (Lipinski definition) is 3. The Balaban J connectivity index is 1.33. The zero-order chi connectivity index (χ0) is 19.5. The van der Waals surface area contributed by atoms with E-state index in [1.165, 1.54) is 18.4 Å². The van der Waals surface area contributed by atoms with Crippen molar-refractivity contribution in [3.63, 3.8) is 0 Å². The molecular weight excluding hydrogens is 354 g/mol. The van der Waals surface area contributed by atoms with E-state index in [2.05, 4.69) is 18.3 Å². The first-order valence-electron chi connectivity index (χ1n) is 10.5. The highest BCUT2D eigenvalue weighted by Crippen LogP contribution is 2.40. The highest BCUT2D eigenvalue weighted by molar-refractivity contribution is 6.09. The molecule has 3 aliphatic carbocycles. The fraction of sp³-hybridized carbons (Fsp3) is 0.591. The van der Waals surface area contributed by atoms with Gasteiger partial charge in [-0.05, 0) is 62.5 Å². The minimum atomic E-state index is -0.891. The van der Waals surface area contributed by atoms with Gasteiger partial charge in [-0.15, -0.1) is 0 Å². The molecule has 2 saturated carbocycles. The molecule has 4 amide bonds. The molecule has 1 N–H and O–H groups in total. The largest absolute Gasteiger partial charge is 0.335 e. The van der Waals surface area contributed by atoms with Crippen LogP contribution in [0, 0.1) is 5.92 Å². The van der Waals surface area contributed by atoms with Gasteiger partial charge in [-0.2, -0.15) is 0 Å². The normalized spacial score (nSPS) is 27.5. The van der Waals surface area contributed by atoms with Crippen LogP contribution >= 0.6 is 0 Å². The van der Waals surface area contributed by atoms with E-state index >= 15 is 0 Å². The number of imide groups is 1. The van der Waals surface area contributed by atoms with E-state index < -0.39 is 11.6 Å². The van der Waals surface area contributed by atoms with E-state index in [9.17, 15) is 14.4 Å². The van der Waals surface area contributed by atoms with Crippen molar-refractivity contribution in [1.82, 2.24) is 15.1 Å². The monoisotopic (exact) mass is 381 g/mol. The van der Waals surface area contributed by atoms with E-state index in [4.69, 9.17) is 0 Å². The number of nitrogens with zero attached hydrogens (tertiary/aromatic N) is 2. The van der Waals surface area contributed by atoms with Crippen LogP contribution in [-0.2, 0) is 22.4 Å². The Morgan fingerprint density at radius 2 is 1.93 bits per heavy atom. The molecular formula is C22H27N3O3. The summed E-state index contributed by atoms with van der Waals surface area (Å²) in [4.78, 5) is 42.1. The van der Waals surface area contributed by atoms with Gasteiger partial charge in [0, 0.05) is 18.5 Å². The van der Waals surface area contributed by atoms with E-state index in [0.717, 1.165) is 29.7 Å². The first kappa shape index (κ1) is 17.7. The molecule has 0 aromatic heterocycles. The van der Waals surface area contributed by atoms with Crippen LogP contribution in [0.2, 0.25) is 0 Å². The number of rotatable bonds is 5. The third kappa shape index (κ3) is 2.90. The summed E-state index contributed by atoms with van der Waals surface area (Å²) in [6, 6.07) is 8.15. The summed E-state index contributed by atoms with van der Waals surface area (Å²) >= 11 is 0. The summed E-state index contributed by atoms with van der Waals surface area (Å²) in [5.41, 5.74) is 1.46. The maximum absolute atomic E-state index is 13.2. The molecule has 1 aromatic carbocycles. The molecule has 1 spiro atoms. The molecule has 148 valence electrons. The zero-order valence-electron chi connectivity index (χ0n) is 16.3. The van der Waals surface area contributed by atoms with Crippen molar-refractivity contribution in [2.24, 2.45) is 5.92 Å². The summed E-state index contributed by atoms with van der Waals surface area (Å²) < 4.78 is 0. The summed E-state index contributed by atoms with van der Waals surface area (Å²) in [6.45, 7) is 1.97. The predicted molar refractivity (Wildman–Crippen MR) is 103 cm³/mol. The van der Waals surface area contributed by atoms with Crippen LogP contribution in [0.5, 0.6) is 0 Å². The third-order valence-electron chi connectivity index (χ3n) is 6.94. The number of benzene rings is 1. The van der Waals surface area contributed by atoms with Crippen molar-refractivity contribution in [2.45, 2.75) is 69.5 Å². The van der Waals surface area contributed by atoms with Crippen molar-refractivity contribution in [3.8, 4) is 0 Å². The van der Waals surface area contributed by atoms with Crippen LogP contribution in [0.1, 0.15) is 50.2 Å². The van der Waals surface area contributed by atoms with Gasteiger partial charge in [-0.25, -0.2) is 4.79 Å². The van der Waals surface area contributed by atoms with Gasteiger partial charge in [0.1, 0.15) is 12.1 Å². The predicted octanol–water partition coefficient (Wildman–Crippen LogP) is 2.26. The zero-order valence-corrected chi connectivity index (χ0v) is 16.3. The lowest BCUT2D eigenvalue weighted by molar-refractivity contribution is -0.141. The van der Waals surface area contributed by atoms with Crippen molar-refractivity contribution < 1.29 is 14.4 Å². The quantitative estimate of drug-likeness (QED) is 0.796. The Hall–Kier alpha value is -2.37. The number of amides is 4. The first-order chi connectivity index (χ1) is 13.5. The second-order valence-corrected chi connectivity index (χ2v) is 8.96. The average molecular weight is 381 g/mol. The Morgan fingerprint density at radius 3 is 2.61 bits per heavy atom. The van der Waals surface area contributed by atoms with Gasteiger partial charge in [-0.1, -0.05) is 24.3 Å². The average Bonchev–Trinajstić information content (AvgIpc) is 3.58. The minimum absolute atomic E-state index is 0.0846.